The number of ether oxygens (including phenoxy) is 1. The summed E-state index contributed by atoms with van der Waals surface area (Å²) in [6, 6.07) is 14.9. The van der Waals surface area contributed by atoms with E-state index in [2.05, 4.69) is 10.6 Å². The van der Waals surface area contributed by atoms with Gasteiger partial charge in [-0.2, -0.15) is 0 Å². The van der Waals surface area contributed by atoms with Crippen LogP contribution in [-0.2, 0) is 18.3 Å². The van der Waals surface area contributed by atoms with Crippen molar-refractivity contribution in [1.29, 1.82) is 0 Å². The minimum Gasteiger partial charge on any atom is -0.444 e. The summed E-state index contributed by atoms with van der Waals surface area (Å²) in [6.07, 6.45) is 1.50. The summed E-state index contributed by atoms with van der Waals surface area (Å²) in [7, 11) is 1.97. The van der Waals surface area contributed by atoms with Gasteiger partial charge in [-0.3, -0.25) is 4.79 Å². The molecule has 0 unspecified atom stereocenters. The summed E-state index contributed by atoms with van der Waals surface area (Å²) >= 11 is 0. The van der Waals surface area contributed by atoms with E-state index in [-0.39, 0.29) is 5.91 Å². The highest BCUT2D eigenvalue weighted by molar-refractivity contribution is 6.08. The average molecular weight is 379 g/mol. The van der Waals surface area contributed by atoms with Crippen molar-refractivity contribution in [2.24, 2.45) is 7.05 Å². The molecule has 0 aliphatic rings. The van der Waals surface area contributed by atoms with Gasteiger partial charge >= 0.3 is 6.09 Å². The first-order chi connectivity index (χ1) is 13.2. The van der Waals surface area contributed by atoms with Crippen LogP contribution in [-0.4, -0.2) is 22.2 Å². The Hall–Kier alpha value is -3.28. The number of carbonyl (C=O) groups is 2. The number of aryl methyl sites for hydroxylation is 1. The number of aromatic nitrogens is 1. The van der Waals surface area contributed by atoms with Crippen molar-refractivity contribution in [1.82, 2.24) is 9.88 Å². The molecule has 146 valence electrons. The molecule has 1 heterocycles. The predicted octanol–water partition coefficient (Wildman–Crippen LogP) is 4.46. The second-order valence-corrected chi connectivity index (χ2v) is 7.67. The van der Waals surface area contributed by atoms with E-state index in [1.807, 2.05) is 75.0 Å². The van der Waals surface area contributed by atoms with Gasteiger partial charge in [-0.25, -0.2) is 4.79 Å². The second kappa shape index (κ2) is 7.76. The van der Waals surface area contributed by atoms with Crippen LogP contribution in [0.1, 0.15) is 36.7 Å². The van der Waals surface area contributed by atoms with E-state index in [0.717, 1.165) is 22.2 Å². The van der Waals surface area contributed by atoms with Crippen molar-refractivity contribution < 1.29 is 14.3 Å². The zero-order valence-electron chi connectivity index (χ0n) is 16.6. The van der Waals surface area contributed by atoms with Gasteiger partial charge in [0.05, 0.1) is 5.69 Å². The highest BCUT2D eigenvalue weighted by Crippen LogP contribution is 2.24. The van der Waals surface area contributed by atoms with E-state index in [1.54, 1.807) is 12.1 Å². The van der Waals surface area contributed by atoms with Crippen LogP contribution in [0.3, 0.4) is 0 Å². The Bertz CT molecular complexity index is 998. The molecule has 0 atom stereocenters. The summed E-state index contributed by atoms with van der Waals surface area (Å²) in [5.41, 5.74) is 2.73. The van der Waals surface area contributed by atoms with Crippen LogP contribution in [0.25, 0.3) is 10.9 Å². The summed E-state index contributed by atoms with van der Waals surface area (Å²) in [5.74, 6) is -0.178. The van der Waals surface area contributed by atoms with Crippen molar-refractivity contribution >= 4 is 28.6 Å². The quantitative estimate of drug-likeness (QED) is 0.703. The zero-order chi connectivity index (χ0) is 20.3. The van der Waals surface area contributed by atoms with E-state index in [1.165, 1.54) is 0 Å². The molecule has 6 nitrogen and oxygen atoms in total. The Labute approximate surface area is 164 Å². The summed E-state index contributed by atoms with van der Waals surface area (Å²) < 4.78 is 7.22. The van der Waals surface area contributed by atoms with E-state index >= 15 is 0 Å². The lowest BCUT2D eigenvalue weighted by molar-refractivity contribution is 0.0523. The van der Waals surface area contributed by atoms with Crippen molar-refractivity contribution in [2.75, 3.05) is 5.32 Å². The van der Waals surface area contributed by atoms with Crippen molar-refractivity contribution in [3.63, 3.8) is 0 Å². The normalized spacial score (nSPS) is 11.3. The number of benzene rings is 2. The lowest BCUT2D eigenvalue weighted by Crippen LogP contribution is -2.32. The lowest BCUT2D eigenvalue weighted by Gasteiger charge is -2.19. The first-order valence-electron chi connectivity index (χ1n) is 9.14. The molecule has 0 aliphatic heterocycles. The molecule has 2 N–H and O–H groups in total. The van der Waals surface area contributed by atoms with E-state index in [0.29, 0.717) is 12.1 Å². The van der Waals surface area contributed by atoms with E-state index in [9.17, 15) is 9.59 Å². The SMILES string of the molecule is Cn1ccc2c(NC(=O)c3ccc(CNC(=O)OC(C)(C)C)cc3)cccc21. The van der Waals surface area contributed by atoms with Crippen LogP contribution in [0.2, 0.25) is 0 Å². The number of hydrogen-bond acceptors (Lipinski definition) is 3. The van der Waals surface area contributed by atoms with Crippen LogP contribution in [0, 0.1) is 0 Å². The Morgan fingerprint density at radius 1 is 1.04 bits per heavy atom. The third-order valence-electron chi connectivity index (χ3n) is 4.23. The maximum absolute atomic E-state index is 12.6. The highest BCUT2D eigenvalue weighted by Gasteiger charge is 2.16. The van der Waals surface area contributed by atoms with Gasteiger partial charge in [-0.1, -0.05) is 18.2 Å². The molecule has 2 aromatic carbocycles. The summed E-state index contributed by atoms with van der Waals surface area (Å²) in [6.45, 7) is 5.78. The molecule has 0 saturated carbocycles. The molecule has 3 rings (SSSR count). The molecule has 0 bridgehead atoms. The molecular formula is C22H25N3O3. The number of alkyl carbamates (subject to hydrolysis) is 1. The molecule has 0 aliphatic carbocycles. The molecule has 0 spiro atoms. The number of nitrogens with zero attached hydrogens (tertiary/aromatic N) is 1. The molecule has 6 heteroatoms. The predicted molar refractivity (Wildman–Crippen MR) is 110 cm³/mol. The van der Waals surface area contributed by atoms with Crippen molar-refractivity contribution in [3.05, 3.63) is 65.9 Å². The zero-order valence-corrected chi connectivity index (χ0v) is 16.6. The molecule has 1 aromatic heterocycles. The van der Waals surface area contributed by atoms with Crippen LogP contribution >= 0.6 is 0 Å². The van der Waals surface area contributed by atoms with Crippen LogP contribution in [0.15, 0.2) is 54.7 Å². The molecular weight excluding hydrogens is 354 g/mol. The Kier molecular flexibility index (Phi) is 5.40. The molecule has 2 amide bonds. The monoisotopic (exact) mass is 379 g/mol. The lowest BCUT2D eigenvalue weighted by atomic mass is 10.1. The average Bonchev–Trinajstić information content (AvgIpc) is 3.01. The highest BCUT2D eigenvalue weighted by atomic mass is 16.6. The molecule has 0 saturated heterocycles. The first-order valence-corrected chi connectivity index (χ1v) is 9.14. The Balaban J connectivity index is 1.63. The molecule has 0 radical (unpaired) electrons. The van der Waals surface area contributed by atoms with Gasteiger partial charge in [0.15, 0.2) is 0 Å². The van der Waals surface area contributed by atoms with Crippen molar-refractivity contribution in [3.8, 4) is 0 Å². The number of hydrogen-bond donors (Lipinski definition) is 2. The van der Waals surface area contributed by atoms with Crippen LogP contribution < -0.4 is 10.6 Å². The van der Waals surface area contributed by atoms with Gasteiger partial charge in [0.25, 0.3) is 5.91 Å². The number of anilines is 1. The van der Waals surface area contributed by atoms with Crippen LogP contribution in [0.4, 0.5) is 10.5 Å². The van der Waals surface area contributed by atoms with Gasteiger partial charge in [0.1, 0.15) is 5.60 Å². The fourth-order valence-corrected chi connectivity index (χ4v) is 2.87. The number of nitrogens with one attached hydrogen (secondary N) is 2. The third kappa shape index (κ3) is 4.71. The van der Waals surface area contributed by atoms with Crippen molar-refractivity contribution in [2.45, 2.75) is 32.9 Å². The molecule has 3 aromatic rings. The molecule has 0 fully saturated rings. The number of fused-ring (bicyclic) bond motifs is 1. The topological polar surface area (TPSA) is 72.4 Å². The van der Waals surface area contributed by atoms with E-state index in [4.69, 9.17) is 4.74 Å². The standard InChI is InChI=1S/C22H25N3O3/c1-22(2,3)28-21(27)23-14-15-8-10-16(11-9-15)20(26)24-18-6-5-7-19-17(18)12-13-25(19)4/h5-13H,14H2,1-4H3,(H,23,27)(H,24,26). The maximum Gasteiger partial charge on any atom is 0.407 e. The fourth-order valence-electron chi connectivity index (χ4n) is 2.87. The minimum atomic E-state index is -0.534. The third-order valence-corrected chi connectivity index (χ3v) is 4.23. The number of carbonyl (C=O) groups excluding carboxylic acids is 2. The van der Waals surface area contributed by atoms with Gasteiger partial charge in [0.2, 0.25) is 0 Å². The number of rotatable bonds is 4. The second-order valence-electron chi connectivity index (χ2n) is 7.67. The largest absolute Gasteiger partial charge is 0.444 e. The van der Waals surface area contributed by atoms with Gasteiger partial charge in [-0.05, 0) is 56.7 Å². The van der Waals surface area contributed by atoms with Gasteiger partial charge in [-0.15, -0.1) is 0 Å². The Morgan fingerprint density at radius 2 is 1.75 bits per heavy atom. The Morgan fingerprint density at radius 3 is 2.43 bits per heavy atom. The van der Waals surface area contributed by atoms with Crippen LogP contribution in [0.5, 0.6) is 0 Å². The van der Waals surface area contributed by atoms with Gasteiger partial charge < -0.3 is 19.9 Å². The fraction of sp³-hybridized carbons (Fsp3) is 0.273. The summed E-state index contributed by atoms with van der Waals surface area (Å²) in [4.78, 5) is 24.3. The summed E-state index contributed by atoms with van der Waals surface area (Å²) in [5, 5.41) is 6.67. The number of amides is 2. The molecule has 28 heavy (non-hydrogen) atoms. The first kappa shape index (κ1) is 19.5. The maximum atomic E-state index is 12.6. The van der Waals surface area contributed by atoms with Gasteiger partial charge in [0, 0.05) is 36.3 Å². The smallest absolute Gasteiger partial charge is 0.407 e. The minimum absolute atomic E-state index is 0.178. The van der Waals surface area contributed by atoms with E-state index < -0.39 is 11.7 Å².